The van der Waals surface area contributed by atoms with E-state index in [0.29, 0.717) is 60.5 Å². The highest BCUT2D eigenvalue weighted by atomic mass is 32.2. The molecule has 5 rings (SSSR count). The summed E-state index contributed by atoms with van der Waals surface area (Å²) in [5.74, 6) is 0.474. The number of thioether (sulfide) groups is 2. The quantitative estimate of drug-likeness (QED) is 0.0456. The SMILES string of the molecule is CC(C)CC=O.CCN(CCC(=O)N1CCCC1)C(=O)c1n[nH]c2ccc(C)cc12.CN(C)C=O.CSCCOP(=O)(OCCSC(=O)CC(C)C)C(F)(F)c1ccc2ccc(C(N)=O)cc2c1. The van der Waals surface area contributed by atoms with Crippen molar-refractivity contribution in [2.24, 2.45) is 17.6 Å². The minimum atomic E-state index is -4.93. The number of alkyl halides is 2. The number of likely N-dealkylation sites (tertiary alicyclic amines) is 1. The standard InChI is InChI=1S/C22H28F2NO5PS2.C18H24N4O2.C5H10O.C3H7NO/c1-15(2)12-20(26)33-11-9-30-31(28,29-8-10-32-3)22(23,24)19-7-6-16-4-5-17(21(25)27)13-18(16)14-19;1-3-21(11-8-16(23)22-9-4-5-10-22)18(24)17-14-12-13(2)6-7-15(14)19-20-17;1-5(2)3-4-6;1-4(2)3-5/h4-7,13-15H,8-12H2,1-3H3,(H2,25,27);6-7,12H,3-5,8-11H2,1-2H3,(H,19,20);4-5H,3H2,1-2H3;3H,1-2H3. The second-order valence-electron chi connectivity index (χ2n) is 16.9. The van der Waals surface area contributed by atoms with Crippen molar-refractivity contribution in [3.63, 3.8) is 0 Å². The number of hydrogen-bond acceptors (Lipinski definition) is 12. The van der Waals surface area contributed by atoms with Crippen LogP contribution in [0.2, 0.25) is 0 Å². The van der Waals surface area contributed by atoms with Gasteiger partial charge >= 0.3 is 13.3 Å². The van der Waals surface area contributed by atoms with Crippen molar-refractivity contribution < 1.29 is 51.2 Å². The van der Waals surface area contributed by atoms with E-state index in [-0.39, 0.29) is 47.4 Å². The highest BCUT2D eigenvalue weighted by Crippen LogP contribution is 2.67. The summed E-state index contributed by atoms with van der Waals surface area (Å²) >= 11 is 2.31. The highest BCUT2D eigenvalue weighted by molar-refractivity contribution is 8.13. The maximum Gasteiger partial charge on any atom is 0.404 e. The molecule has 1 saturated heterocycles. The average Bonchev–Trinajstić information content (AvgIpc) is 3.99. The van der Waals surface area contributed by atoms with Crippen molar-refractivity contribution in [3.8, 4) is 0 Å². The van der Waals surface area contributed by atoms with E-state index in [0.717, 1.165) is 79.0 Å². The largest absolute Gasteiger partial charge is 0.404 e. The van der Waals surface area contributed by atoms with Crippen LogP contribution in [0.1, 0.15) is 98.7 Å². The van der Waals surface area contributed by atoms with Crippen LogP contribution in [0.4, 0.5) is 8.78 Å². The number of hydrogen-bond donors (Lipinski definition) is 2. The van der Waals surface area contributed by atoms with E-state index in [1.807, 2.05) is 64.6 Å². The third-order valence-electron chi connectivity index (χ3n) is 9.97. The number of H-pyrrole nitrogens is 1. The van der Waals surface area contributed by atoms with Gasteiger partial charge in [0.1, 0.15) is 6.29 Å². The second-order valence-corrected chi connectivity index (χ2v) is 21.1. The summed E-state index contributed by atoms with van der Waals surface area (Å²) in [7, 11) is -1.56. The van der Waals surface area contributed by atoms with Gasteiger partial charge in [-0.15, -0.1) is 0 Å². The third kappa shape index (κ3) is 19.4. The number of amides is 4. The van der Waals surface area contributed by atoms with E-state index in [1.54, 1.807) is 31.3 Å². The van der Waals surface area contributed by atoms with Gasteiger partial charge in [0.05, 0.1) is 18.7 Å². The van der Waals surface area contributed by atoms with Crippen LogP contribution >= 0.6 is 31.1 Å². The van der Waals surface area contributed by atoms with Gasteiger partial charge in [-0.2, -0.15) is 25.6 Å². The second kappa shape index (κ2) is 30.0. The monoisotopic (exact) mass is 1010 g/mol. The van der Waals surface area contributed by atoms with Crippen LogP contribution in [-0.2, 0) is 38.5 Å². The van der Waals surface area contributed by atoms with Crippen LogP contribution in [0.3, 0.4) is 0 Å². The average molecular weight is 1010 g/mol. The number of aryl methyl sites for hydroxylation is 1. The summed E-state index contributed by atoms with van der Waals surface area (Å²) in [5, 5.41) is 8.81. The van der Waals surface area contributed by atoms with E-state index in [9.17, 15) is 33.3 Å². The summed E-state index contributed by atoms with van der Waals surface area (Å²) in [6, 6.07) is 14.1. The van der Waals surface area contributed by atoms with Crippen molar-refractivity contribution in [3.05, 3.63) is 77.0 Å². The normalized spacial score (nSPS) is 13.1. The van der Waals surface area contributed by atoms with Crippen molar-refractivity contribution in [2.75, 3.05) is 71.2 Å². The molecule has 0 spiro atoms. The van der Waals surface area contributed by atoms with Crippen LogP contribution in [0.15, 0.2) is 54.6 Å². The Kier molecular flexibility index (Phi) is 26.3. The molecular formula is C48H69F2N6O9PS2. The predicted molar refractivity (Wildman–Crippen MR) is 269 cm³/mol. The molecule has 0 radical (unpaired) electrons. The minimum Gasteiger partial charge on any atom is -0.366 e. The number of benzene rings is 3. The van der Waals surface area contributed by atoms with E-state index in [1.165, 1.54) is 34.9 Å². The Bertz CT molecular complexity index is 2310. The fourth-order valence-electron chi connectivity index (χ4n) is 6.28. The number of nitrogens with two attached hydrogens (primary N) is 1. The maximum absolute atomic E-state index is 15.5. The molecule has 1 aromatic heterocycles. The van der Waals surface area contributed by atoms with Gasteiger partial charge in [-0.1, -0.05) is 69.3 Å². The van der Waals surface area contributed by atoms with Gasteiger partial charge in [-0.3, -0.25) is 33.6 Å². The third-order valence-corrected chi connectivity index (χ3v) is 13.4. The number of primary amides is 1. The summed E-state index contributed by atoms with van der Waals surface area (Å²) < 4.78 is 54.5. The molecule has 1 unspecified atom stereocenters. The number of nitrogens with one attached hydrogen (secondary N) is 1. The molecule has 376 valence electrons. The van der Waals surface area contributed by atoms with Gasteiger partial charge in [0, 0.05) is 87.6 Å². The van der Waals surface area contributed by atoms with Gasteiger partial charge in [0.2, 0.25) is 18.2 Å². The Morgan fingerprint density at radius 2 is 1.57 bits per heavy atom. The van der Waals surface area contributed by atoms with Crippen LogP contribution in [0, 0.1) is 18.8 Å². The molecule has 1 fully saturated rings. The van der Waals surface area contributed by atoms with Crippen molar-refractivity contribution >= 4 is 88.3 Å². The molecule has 15 nitrogen and oxygen atoms in total. The zero-order valence-corrected chi connectivity index (χ0v) is 43.3. The van der Waals surface area contributed by atoms with Crippen molar-refractivity contribution in [1.82, 2.24) is 24.9 Å². The number of aldehydes is 1. The van der Waals surface area contributed by atoms with E-state index < -0.39 is 24.7 Å². The summed E-state index contributed by atoms with van der Waals surface area (Å²) in [6.45, 7) is 13.9. The zero-order valence-electron chi connectivity index (χ0n) is 40.8. The zero-order chi connectivity index (χ0) is 51.0. The number of fused-ring (bicyclic) bond motifs is 2. The first kappa shape index (κ1) is 59.4. The van der Waals surface area contributed by atoms with Crippen LogP contribution in [0.25, 0.3) is 21.7 Å². The van der Waals surface area contributed by atoms with Crippen molar-refractivity contribution in [1.29, 1.82) is 0 Å². The summed E-state index contributed by atoms with van der Waals surface area (Å²) in [6.07, 6.45) is 7.06. The van der Waals surface area contributed by atoms with Gasteiger partial charge in [-0.25, -0.2) is 0 Å². The molecule has 68 heavy (non-hydrogen) atoms. The fraction of sp³-hybridized carbons (Fsp3) is 0.521. The molecule has 1 aliphatic rings. The van der Waals surface area contributed by atoms with E-state index >= 15 is 8.78 Å². The minimum absolute atomic E-state index is 0.0806. The first-order valence-electron chi connectivity index (χ1n) is 22.5. The predicted octanol–water partition coefficient (Wildman–Crippen LogP) is 9.16. The number of rotatable bonds is 21. The molecule has 0 saturated carbocycles. The molecule has 4 aromatic rings. The number of aromatic nitrogens is 2. The molecule has 0 aliphatic carbocycles. The molecular weight excluding hydrogens is 938 g/mol. The lowest BCUT2D eigenvalue weighted by molar-refractivity contribution is -0.130. The molecule has 3 aromatic carbocycles. The number of halogens is 2. The highest BCUT2D eigenvalue weighted by Gasteiger charge is 2.55. The Hall–Kier alpha value is -4.68. The molecule has 1 atom stereocenters. The Morgan fingerprint density at radius 3 is 2.12 bits per heavy atom. The molecule has 3 N–H and O–H groups in total. The molecule has 2 heterocycles. The molecule has 20 heteroatoms. The first-order valence-corrected chi connectivity index (χ1v) is 26.4. The van der Waals surface area contributed by atoms with Gasteiger partial charge in [-0.05, 0) is 85.9 Å². The van der Waals surface area contributed by atoms with Gasteiger partial charge < -0.3 is 34.3 Å². The first-order chi connectivity index (χ1) is 32.1. The fourth-order valence-corrected chi connectivity index (χ4v) is 9.14. The van der Waals surface area contributed by atoms with Crippen LogP contribution < -0.4 is 5.73 Å². The van der Waals surface area contributed by atoms with E-state index in [4.69, 9.17) is 14.8 Å². The maximum atomic E-state index is 15.5. The topological polar surface area (TPSA) is 202 Å². The molecule has 1 aliphatic heterocycles. The lowest BCUT2D eigenvalue weighted by Crippen LogP contribution is -2.36. The Balaban J connectivity index is 0.000000392. The van der Waals surface area contributed by atoms with Gasteiger partial charge in [0.25, 0.3) is 5.91 Å². The van der Waals surface area contributed by atoms with E-state index in [2.05, 4.69) is 10.2 Å². The number of carbonyl (C=O) groups is 6. The number of carbonyl (C=O) groups excluding carboxylic acids is 6. The Morgan fingerprint density at radius 1 is 0.941 bits per heavy atom. The molecule has 0 bridgehead atoms. The smallest absolute Gasteiger partial charge is 0.366 e. The lowest BCUT2D eigenvalue weighted by Gasteiger charge is -2.27. The Labute approximate surface area is 407 Å². The van der Waals surface area contributed by atoms with Crippen LogP contribution in [0.5, 0.6) is 0 Å². The van der Waals surface area contributed by atoms with Crippen molar-refractivity contribution in [2.45, 2.75) is 79.3 Å². The summed E-state index contributed by atoms with van der Waals surface area (Å²) in [5.41, 5.74) is 3.32. The van der Waals surface area contributed by atoms with Gasteiger partial charge in [0.15, 0.2) is 10.8 Å². The van der Waals surface area contributed by atoms with Crippen LogP contribution in [-0.4, -0.2) is 132 Å². The lowest BCUT2D eigenvalue weighted by atomic mass is 10.0. The molecule has 4 amide bonds. The number of nitrogens with zero attached hydrogens (tertiary/aromatic N) is 4. The summed E-state index contributed by atoms with van der Waals surface area (Å²) in [4.78, 5) is 72.4. The number of aromatic amines is 1.